The van der Waals surface area contributed by atoms with Gasteiger partial charge in [0.15, 0.2) is 5.11 Å². The minimum absolute atomic E-state index is 0.146. The lowest BCUT2D eigenvalue weighted by molar-refractivity contribution is 0.0365. The van der Waals surface area contributed by atoms with Crippen molar-refractivity contribution in [1.82, 2.24) is 20.1 Å². The summed E-state index contributed by atoms with van der Waals surface area (Å²) in [4.78, 5) is 20.6. The topological polar surface area (TPSA) is 91.1 Å². The first kappa shape index (κ1) is 24.7. The van der Waals surface area contributed by atoms with Gasteiger partial charge >= 0.3 is 5.97 Å². The predicted octanol–water partition coefficient (Wildman–Crippen LogP) is 4.39. The number of furan rings is 1. The van der Waals surface area contributed by atoms with Crippen LogP contribution in [0.15, 0.2) is 59.1 Å². The number of carboxylic acids is 1. The molecule has 2 aliphatic heterocycles. The minimum Gasteiger partial charge on any atom is -0.478 e. The molecular formula is C26H27ClN4O4S. The van der Waals surface area contributed by atoms with E-state index in [-0.39, 0.29) is 17.6 Å². The van der Waals surface area contributed by atoms with E-state index in [1.165, 1.54) is 12.1 Å². The predicted molar refractivity (Wildman–Crippen MR) is 140 cm³/mol. The van der Waals surface area contributed by atoms with Gasteiger partial charge in [-0.2, -0.15) is 0 Å². The van der Waals surface area contributed by atoms with Crippen LogP contribution in [0.1, 0.15) is 40.3 Å². The minimum atomic E-state index is -1.02. The molecule has 5 rings (SSSR count). The lowest BCUT2D eigenvalue weighted by Gasteiger charge is -2.29. The van der Waals surface area contributed by atoms with Crippen LogP contribution in [0.4, 0.5) is 0 Å². The highest BCUT2D eigenvalue weighted by Crippen LogP contribution is 2.41. The zero-order valence-electron chi connectivity index (χ0n) is 19.6. The Kier molecular flexibility index (Phi) is 7.52. The number of thiocarbonyl (C=S) groups is 1. The van der Waals surface area contributed by atoms with Gasteiger partial charge in [-0.1, -0.05) is 17.7 Å². The summed E-state index contributed by atoms with van der Waals surface area (Å²) >= 11 is 12.2. The summed E-state index contributed by atoms with van der Waals surface area (Å²) in [7, 11) is 0. The number of morpholine rings is 1. The second kappa shape index (κ2) is 11.0. The molecule has 0 radical (unpaired) electrons. The van der Waals surface area contributed by atoms with E-state index in [1.54, 1.807) is 12.3 Å². The molecule has 0 saturated carbocycles. The third-order valence-electron chi connectivity index (χ3n) is 6.57. The van der Waals surface area contributed by atoms with E-state index in [4.69, 9.17) is 33.0 Å². The fourth-order valence-electron chi connectivity index (χ4n) is 4.75. The molecule has 0 bridgehead atoms. The van der Waals surface area contributed by atoms with Gasteiger partial charge in [-0.25, -0.2) is 4.79 Å². The average molecular weight is 527 g/mol. The Morgan fingerprint density at radius 1 is 1.17 bits per heavy atom. The quantitative estimate of drug-likeness (QED) is 0.415. The molecule has 2 unspecified atom stereocenters. The molecule has 2 atom stereocenters. The van der Waals surface area contributed by atoms with Crippen LogP contribution in [-0.4, -0.2) is 70.4 Å². The van der Waals surface area contributed by atoms with Crippen molar-refractivity contribution in [3.63, 3.8) is 0 Å². The van der Waals surface area contributed by atoms with Gasteiger partial charge in [0, 0.05) is 37.9 Å². The van der Waals surface area contributed by atoms with Crippen LogP contribution in [0.3, 0.4) is 0 Å². The number of rotatable bonds is 8. The Balaban J connectivity index is 1.43. The number of ether oxygens (including phenoxy) is 1. The van der Waals surface area contributed by atoms with E-state index in [0.717, 1.165) is 51.5 Å². The monoisotopic (exact) mass is 526 g/mol. The number of hydrogen-bond donors (Lipinski definition) is 2. The van der Waals surface area contributed by atoms with E-state index < -0.39 is 5.97 Å². The second-order valence-electron chi connectivity index (χ2n) is 8.83. The largest absolute Gasteiger partial charge is 0.478 e. The molecule has 2 aliphatic rings. The van der Waals surface area contributed by atoms with E-state index in [2.05, 4.69) is 20.1 Å². The Morgan fingerprint density at radius 2 is 2.00 bits per heavy atom. The summed E-state index contributed by atoms with van der Waals surface area (Å²) in [6.45, 7) is 5.15. The molecule has 4 heterocycles. The maximum absolute atomic E-state index is 11.5. The summed E-state index contributed by atoms with van der Waals surface area (Å²) in [5.41, 5.74) is 1.54. The number of hydrogen-bond acceptors (Lipinski definition) is 6. The summed E-state index contributed by atoms with van der Waals surface area (Å²) in [6, 6.07) is 13.7. The number of carbonyl (C=O) groups is 1. The summed E-state index contributed by atoms with van der Waals surface area (Å²) in [5.74, 6) is 0.187. The van der Waals surface area contributed by atoms with Crippen LogP contribution >= 0.6 is 23.8 Å². The van der Waals surface area contributed by atoms with Gasteiger partial charge < -0.3 is 24.5 Å². The molecule has 10 heteroatoms. The molecule has 0 amide bonds. The van der Waals surface area contributed by atoms with Crippen LogP contribution in [0, 0.1) is 0 Å². The van der Waals surface area contributed by atoms with E-state index >= 15 is 0 Å². The van der Waals surface area contributed by atoms with Crippen LogP contribution in [-0.2, 0) is 4.74 Å². The first-order chi connectivity index (χ1) is 17.5. The number of carboxylic acid groups (broad SMARTS) is 1. The van der Waals surface area contributed by atoms with E-state index in [0.29, 0.717) is 27.2 Å². The first-order valence-electron chi connectivity index (χ1n) is 11.9. The second-order valence-corrected chi connectivity index (χ2v) is 9.62. The molecular weight excluding hydrogens is 500 g/mol. The average Bonchev–Trinajstić information content (AvgIpc) is 3.50. The van der Waals surface area contributed by atoms with Crippen molar-refractivity contribution < 1.29 is 19.1 Å². The molecule has 0 spiro atoms. The van der Waals surface area contributed by atoms with Gasteiger partial charge in [0.25, 0.3) is 0 Å². The fourth-order valence-corrected chi connectivity index (χ4v) is 5.29. The molecule has 0 aliphatic carbocycles. The molecule has 2 fully saturated rings. The number of pyridine rings is 1. The molecule has 2 saturated heterocycles. The molecule has 1 aromatic carbocycles. The van der Waals surface area contributed by atoms with Crippen molar-refractivity contribution in [3.05, 3.63) is 76.8 Å². The maximum Gasteiger partial charge on any atom is 0.335 e. The van der Waals surface area contributed by atoms with Gasteiger partial charge in [-0.15, -0.1) is 0 Å². The Bertz CT molecular complexity index is 1230. The van der Waals surface area contributed by atoms with Gasteiger partial charge in [0.1, 0.15) is 17.6 Å². The van der Waals surface area contributed by atoms with Crippen molar-refractivity contribution in [3.8, 4) is 11.3 Å². The number of nitrogens with one attached hydrogen (secondary N) is 1. The number of aromatic carboxylic acids is 1. The normalized spacial score (nSPS) is 20.5. The van der Waals surface area contributed by atoms with Crippen LogP contribution < -0.4 is 5.32 Å². The molecule has 8 nitrogen and oxygen atoms in total. The molecule has 188 valence electrons. The number of benzene rings is 1. The molecule has 2 N–H and O–H groups in total. The fraction of sp³-hybridized carbons (Fsp3) is 0.346. The van der Waals surface area contributed by atoms with Crippen LogP contribution in [0.25, 0.3) is 11.3 Å². The van der Waals surface area contributed by atoms with Crippen molar-refractivity contribution in [2.45, 2.75) is 18.5 Å². The van der Waals surface area contributed by atoms with Crippen LogP contribution in [0.2, 0.25) is 5.02 Å². The van der Waals surface area contributed by atoms with Crippen molar-refractivity contribution in [2.75, 3.05) is 39.4 Å². The maximum atomic E-state index is 11.5. The summed E-state index contributed by atoms with van der Waals surface area (Å²) < 4.78 is 11.8. The highest BCUT2D eigenvalue weighted by molar-refractivity contribution is 7.80. The highest BCUT2D eigenvalue weighted by atomic mass is 35.5. The van der Waals surface area contributed by atoms with Crippen molar-refractivity contribution in [1.29, 1.82) is 0 Å². The van der Waals surface area contributed by atoms with Gasteiger partial charge in [-0.05, 0) is 61.1 Å². The lowest BCUT2D eigenvalue weighted by atomic mass is 10.0. The smallest absolute Gasteiger partial charge is 0.335 e. The number of aromatic nitrogens is 1. The molecule has 3 aromatic rings. The SMILES string of the molecule is O=C(O)c1ccc(Cl)c(-c2ccc(C3C(c4ccccn4)NC(=S)N3CCCN3CCOCC3)o2)c1. The van der Waals surface area contributed by atoms with Crippen molar-refractivity contribution >= 4 is 34.9 Å². The van der Waals surface area contributed by atoms with E-state index in [9.17, 15) is 9.90 Å². The Hall–Kier alpha value is -2.98. The Labute approximate surface area is 219 Å². The molecule has 36 heavy (non-hydrogen) atoms. The number of nitrogens with zero attached hydrogens (tertiary/aromatic N) is 3. The van der Waals surface area contributed by atoms with Crippen molar-refractivity contribution in [2.24, 2.45) is 0 Å². The zero-order chi connectivity index (χ0) is 25.1. The standard InChI is InChI=1S/C26H27ClN4O4S/c27-19-6-5-17(25(32)33)16-18(19)21-7-8-22(35-21)24-23(20-4-1-2-9-28-20)29-26(36)31(24)11-3-10-30-12-14-34-15-13-30/h1-2,4-9,16,23-24H,3,10-15H2,(H,29,36)(H,32,33). The van der Waals surface area contributed by atoms with E-state index in [1.807, 2.05) is 30.3 Å². The number of halogens is 1. The summed E-state index contributed by atoms with van der Waals surface area (Å²) in [6.07, 6.45) is 2.70. The van der Waals surface area contributed by atoms with Crippen LogP contribution in [0.5, 0.6) is 0 Å². The van der Waals surface area contributed by atoms with Gasteiger partial charge in [0.05, 0.1) is 35.5 Å². The third kappa shape index (κ3) is 5.24. The summed E-state index contributed by atoms with van der Waals surface area (Å²) in [5, 5.41) is 13.9. The lowest BCUT2D eigenvalue weighted by Crippen LogP contribution is -2.38. The highest BCUT2D eigenvalue weighted by Gasteiger charge is 2.41. The van der Waals surface area contributed by atoms with Gasteiger partial charge in [0.2, 0.25) is 0 Å². The molecule has 2 aromatic heterocycles. The first-order valence-corrected chi connectivity index (χ1v) is 12.7. The van der Waals surface area contributed by atoms with Gasteiger partial charge in [-0.3, -0.25) is 9.88 Å². The zero-order valence-corrected chi connectivity index (χ0v) is 21.2. The third-order valence-corrected chi connectivity index (χ3v) is 7.25. The Morgan fingerprint density at radius 3 is 2.75 bits per heavy atom.